The molecule has 1 aliphatic heterocycles. The minimum Gasteiger partial charge on any atom is -0.495 e. The number of para-hydroxylation sites is 3. The molecule has 1 saturated heterocycles. The second-order valence-corrected chi connectivity index (χ2v) is 8.67. The molecule has 12 heteroatoms. The van der Waals surface area contributed by atoms with Gasteiger partial charge in [-0.2, -0.15) is 0 Å². The summed E-state index contributed by atoms with van der Waals surface area (Å²) < 4.78 is 11.4. The molecular weight excluding hydrogens is 494 g/mol. The molecule has 3 aromatic carbocycles. The number of hydrogen-bond donors (Lipinski definition) is 0. The molecule has 1 fully saturated rings. The van der Waals surface area contributed by atoms with Crippen LogP contribution in [0.2, 0.25) is 0 Å². The highest BCUT2D eigenvalue weighted by Gasteiger charge is 2.35. The van der Waals surface area contributed by atoms with E-state index in [0.29, 0.717) is 26.2 Å². The zero-order chi connectivity index (χ0) is 25.1. The molecule has 3 aromatic rings. The predicted molar refractivity (Wildman–Crippen MR) is 135 cm³/mol. The van der Waals surface area contributed by atoms with Crippen molar-refractivity contribution in [3.05, 3.63) is 97.4 Å². The number of carbonyl (C=O) groups excluding carboxylic acids is 1. The summed E-state index contributed by atoms with van der Waals surface area (Å²) >= 11 is 6.52. The summed E-state index contributed by atoms with van der Waals surface area (Å²) in [6.45, 7) is 0. The second-order valence-electron chi connectivity index (χ2n) is 7.00. The van der Waals surface area contributed by atoms with Gasteiger partial charge >= 0.3 is 5.69 Å². The molecule has 0 N–H and O–H groups in total. The van der Waals surface area contributed by atoms with Gasteiger partial charge in [-0.05, 0) is 30.3 Å². The van der Waals surface area contributed by atoms with Crippen molar-refractivity contribution in [3.63, 3.8) is 0 Å². The number of hydrogen-bond acceptors (Lipinski definition) is 9. The fourth-order valence-electron chi connectivity index (χ4n) is 3.29. The summed E-state index contributed by atoms with van der Waals surface area (Å²) in [6, 6.07) is 16.7. The number of thioether (sulfide) groups is 1. The maximum atomic E-state index is 13.2. The van der Waals surface area contributed by atoms with Crippen molar-refractivity contribution in [2.24, 2.45) is 0 Å². The van der Waals surface area contributed by atoms with Crippen LogP contribution in [0.4, 0.5) is 17.1 Å². The quantitative estimate of drug-likeness (QED) is 0.170. The van der Waals surface area contributed by atoms with Gasteiger partial charge in [-0.25, -0.2) is 0 Å². The zero-order valence-corrected chi connectivity index (χ0v) is 19.6. The number of non-ortho nitro benzene ring substituents is 1. The van der Waals surface area contributed by atoms with Crippen LogP contribution >= 0.6 is 24.0 Å². The first-order valence-corrected chi connectivity index (χ1v) is 11.1. The molecule has 0 bridgehead atoms. The van der Waals surface area contributed by atoms with Gasteiger partial charge in [0.05, 0.1) is 33.6 Å². The SMILES string of the molecule is COc1ccccc1N1C(=O)/C(=C\c2ccccc2Oc2ccc([N+](=O)[O-])cc2[N+](=O)[O-])SC1=S. The van der Waals surface area contributed by atoms with Crippen LogP contribution in [0, 0.1) is 20.2 Å². The van der Waals surface area contributed by atoms with Crippen LogP contribution in [0.25, 0.3) is 6.08 Å². The lowest BCUT2D eigenvalue weighted by Crippen LogP contribution is -2.27. The van der Waals surface area contributed by atoms with Gasteiger partial charge in [0.2, 0.25) is 5.75 Å². The minimum atomic E-state index is -0.761. The molecule has 1 aliphatic rings. The normalized spacial score (nSPS) is 14.3. The van der Waals surface area contributed by atoms with E-state index >= 15 is 0 Å². The van der Waals surface area contributed by atoms with Crippen LogP contribution in [-0.2, 0) is 4.79 Å². The van der Waals surface area contributed by atoms with E-state index in [1.165, 1.54) is 12.0 Å². The Kier molecular flexibility index (Phi) is 6.75. The number of anilines is 1. The molecule has 1 amide bonds. The third-order valence-electron chi connectivity index (χ3n) is 4.90. The number of nitro benzene ring substituents is 2. The minimum absolute atomic E-state index is 0.178. The fraction of sp³-hybridized carbons (Fsp3) is 0.0435. The van der Waals surface area contributed by atoms with E-state index in [1.807, 2.05) is 0 Å². The first-order valence-electron chi connectivity index (χ1n) is 9.91. The highest BCUT2D eigenvalue weighted by molar-refractivity contribution is 8.27. The average molecular weight is 510 g/mol. The third-order valence-corrected chi connectivity index (χ3v) is 6.20. The molecule has 0 aliphatic carbocycles. The number of ether oxygens (including phenoxy) is 2. The molecule has 0 atom stereocenters. The molecule has 0 aromatic heterocycles. The lowest BCUT2D eigenvalue weighted by molar-refractivity contribution is -0.394. The highest BCUT2D eigenvalue weighted by atomic mass is 32.2. The van der Waals surface area contributed by atoms with Crippen molar-refractivity contribution in [2.75, 3.05) is 12.0 Å². The number of benzene rings is 3. The Bertz CT molecular complexity index is 1410. The molecule has 0 saturated carbocycles. The summed E-state index contributed by atoms with van der Waals surface area (Å²) in [4.78, 5) is 35.9. The van der Waals surface area contributed by atoms with Gasteiger partial charge in [0.1, 0.15) is 11.5 Å². The van der Waals surface area contributed by atoms with Crippen LogP contribution in [-0.4, -0.2) is 27.2 Å². The number of carbonyl (C=O) groups is 1. The van der Waals surface area contributed by atoms with E-state index in [0.717, 1.165) is 30.0 Å². The van der Waals surface area contributed by atoms with Gasteiger partial charge in [-0.3, -0.25) is 29.9 Å². The van der Waals surface area contributed by atoms with Crippen molar-refractivity contribution in [2.45, 2.75) is 0 Å². The van der Waals surface area contributed by atoms with Crippen molar-refractivity contribution in [1.29, 1.82) is 0 Å². The summed E-state index contributed by atoms with van der Waals surface area (Å²) in [5.74, 6) is 0.162. The number of amides is 1. The Labute approximate surface area is 208 Å². The number of nitro groups is 2. The highest BCUT2D eigenvalue weighted by Crippen LogP contribution is 2.41. The van der Waals surface area contributed by atoms with Gasteiger partial charge < -0.3 is 9.47 Å². The van der Waals surface area contributed by atoms with Crippen LogP contribution in [0.5, 0.6) is 17.2 Å². The Morgan fingerprint density at radius 3 is 2.31 bits per heavy atom. The Hall–Kier alpha value is -4.29. The van der Waals surface area contributed by atoms with Gasteiger partial charge in [-0.15, -0.1) is 0 Å². The molecular formula is C23H15N3O7S2. The monoisotopic (exact) mass is 509 g/mol. The molecule has 0 radical (unpaired) electrons. The fourth-order valence-corrected chi connectivity index (χ4v) is 4.57. The Morgan fingerprint density at radius 2 is 1.63 bits per heavy atom. The van der Waals surface area contributed by atoms with E-state index in [1.54, 1.807) is 54.6 Å². The zero-order valence-electron chi connectivity index (χ0n) is 17.9. The molecule has 176 valence electrons. The smallest absolute Gasteiger partial charge is 0.318 e. The summed E-state index contributed by atoms with van der Waals surface area (Å²) in [5.41, 5.74) is -0.0264. The predicted octanol–water partition coefficient (Wildman–Crippen LogP) is 5.71. The number of nitrogens with zero attached hydrogens (tertiary/aromatic N) is 3. The van der Waals surface area contributed by atoms with Gasteiger partial charge in [-0.1, -0.05) is 54.3 Å². The third kappa shape index (κ3) is 4.83. The van der Waals surface area contributed by atoms with Crippen LogP contribution in [0.3, 0.4) is 0 Å². The van der Waals surface area contributed by atoms with E-state index in [9.17, 15) is 25.0 Å². The summed E-state index contributed by atoms with van der Waals surface area (Å²) in [5, 5.41) is 22.5. The van der Waals surface area contributed by atoms with E-state index < -0.39 is 21.2 Å². The molecule has 35 heavy (non-hydrogen) atoms. The number of methoxy groups -OCH3 is 1. The maximum absolute atomic E-state index is 13.2. The largest absolute Gasteiger partial charge is 0.495 e. The first-order chi connectivity index (χ1) is 16.8. The molecule has 4 rings (SSSR count). The van der Waals surface area contributed by atoms with Gasteiger partial charge in [0, 0.05) is 11.6 Å². The maximum Gasteiger partial charge on any atom is 0.318 e. The second kappa shape index (κ2) is 9.91. The number of rotatable bonds is 7. The molecule has 0 spiro atoms. The lowest BCUT2D eigenvalue weighted by Gasteiger charge is -2.17. The van der Waals surface area contributed by atoms with Crippen molar-refractivity contribution in [3.8, 4) is 17.2 Å². The number of thiocarbonyl (C=S) groups is 1. The van der Waals surface area contributed by atoms with Gasteiger partial charge in [0.15, 0.2) is 4.32 Å². The van der Waals surface area contributed by atoms with Crippen molar-refractivity contribution in [1.82, 2.24) is 0 Å². The average Bonchev–Trinajstić information content (AvgIpc) is 3.12. The van der Waals surface area contributed by atoms with Crippen molar-refractivity contribution >= 4 is 57.3 Å². The van der Waals surface area contributed by atoms with E-state index in [2.05, 4.69) is 0 Å². The molecule has 10 nitrogen and oxygen atoms in total. The van der Waals surface area contributed by atoms with E-state index in [-0.39, 0.29) is 17.4 Å². The molecule has 0 unspecified atom stereocenters. The lowest BCUT2D eigenvalue weighted by atomic mass is 10.1. The van der Waals surface area contributed by atoms with E-state index in [4.69, 9.17) is 21.7 Å². The summed E-state index contributed by atoms with van der Waals surface area (Å²) in [6.07, 6.45) is 1.57. The summed E-state index contributed by atoms with van der Waals surface area (Å²) in [7, 11) is 1.50. The van der Waals surface area contributed by atoms with Crippen LogP contribution < -0.4 is 14.4 Å². The Balaban J connectivity index is 1.69. The molecule has 1 heterocycles. The Morgan fingerprint density at radius 1 is 0.943 bits per heavy atom. The topological polar surface area (TPSA) is 125 Å². The van der Waals surface area contributed by atoms with Gasteiger partial charge in [0.25, 0.3) is 11.6 Å². The van der Waals surface area contributed by atoms with Crippen LogP contribution in [0.15, 0.2) is 71.6 Å². The first kappa shape index (κ1) is 23.9. The standard InChI is InChI=1S/C23H15N3O7S2/c1-32-19-9-5-3-7-16(19)24-22(27)21(35-23(24)34)12-14-6-2-4-8-18(14)33-20-11-10-15(25(28)29)13-17(20)26(30)31/h2-13H,1H3/b21-12+. The van der Waals surface area contributed by atoms with Crippen molar-refractivity contribution < 1.29 is 24.1 Å². The van der Waals surface area contributed by atoms with Crippen LogP contribution in [0.1, 0.15) is 5.56 Å².